The number of nitrogens with zero attached hydrogens (tertiary/aromatic N) is 4. The van der Waals surface area contributed by atoms with E-state index in [1.54, 1.807) is 22.9 Å². The Kier molecular flexibility index (Phi) is 5.64. The van der Waals surface area contributed by atoms with Gasteiger partial charge in [-0.2, -0.15) is 4.31 Å². The van der Waals surface area contributed by atoms with E-state index < -0.39 is 21.9 Å². The molecular weight excluding hydrogens is 411 g/mol. The quantitative estimate of drug-likeness (QED) is 0.621. The molecular formula is C19H21FN6O3S. The van der Waals surface area contributed by atoms with Gasteiger partial charge in [-0.05, 0) is 43.2 Å². The smallest absolute Gasteiger partial charge is 0.319 e. The van der Waals surface area contributed by atoms with Crippen LogP contribution in [0.3, 0.4) is 0 Å². The third-order valence-electron chi connectivity index (χ3n) is 4.92. The largest absolute Gasteiger partial charge is 0.336 e. The summed E-state index contributed by atoms with van der Waals surface area (Å²) in [6, 6.07) is 10.1. The zero-order valence-corrected chi connectivity index (χ0v) is 16.9. The van der Waals surface area contributed by atoms with Gasteiger partial charge in [0.15, 0.2) is 0 Å². The maximum atomic E-state index is 13.6. The van der Waals surface area contributed by atoms with E-state index >= 15 is 0 Å². The molecule has 0 unspecified atom stereocenters. The van der Waals surface area contributed by atoms with Gasteiger partial charge in [-0.3, -0.25) is 0 Å². The Morgan fingerprint density at radius 2 is 1.90 bits per heavy atom. The third-order valence-corrected chi connectivity index (χ3v) is 6.81. The van der Waals surface area contributed by atoms with Gasteiger partial charge in [-0.1, -0.05) is 17.3 Å². The fourth-order valence-electron chi connectivity index (χ4n) is 3.36. The van der Waals surface area contributed by atoms with E-state index in [4.69, 9.17) is 0 Å². The molecule has 158 valence electrons. The molecule has 11 heteroatoms. The maximum Gasteiger partial charge on any atom is 0.319 e. The molecule has 0 saturated carbocycles. The Balaban J connectivity index is 1.39. The zero-order valence-electron chi connectivity index (χ0n) is 16.1. The Hall–Kier alpha value is -3.05. The van der Waals surface area contributed by atoms with Crippen molar-refractivity contribution in [3.8, 4) is 0 Å². The van der Waals surface area contributed by atoms with Crippen LogP contribution in [0.5, 0.6) is 0 Å². The average molecular weight is 432 g/mol. The number of halogens is 1. The first-order valence-corrected chi connectivity index (χ1v) is 11.0. The topological polar surface area (TPSA) is 109 Å². The minimum atomic E-state index is -3.52. The zero-order chi connectivity index (χ0) is 21.1. The van der Waals surface area contributed by atoms with Crippen molar-refractivity contribution in [3.05, 3.63) is 48.3 Å². The Morgan fingerprint density at radius 1 is 1.13 bits per heavy atom. The van der Waals surface area contributed by atoms with Gasteiger partial charge >= 0.3 is 6.03 Å². The molecule has 1 saturated heterocycles. The highest BCUT2D eigenvalue weighted by Gasteiger charge is 2.27. The molecule has 0 bridgehead atoms. The van der Waals surface area contributed by atoms with Crippen LogP contribution in [0.2, 0.25) is 0 Å². The summed E-state index contributed by atoms with van der Waals surface area (Å²) in [6.45, 7) is 1.62. The molecule has 1 aliphatic heterocycles. The number of urea groups is 1. The van der Waals surface area contributed by atoms with Crippen molar-refractivity contribution in [2.24, 2.45) is 0 Å². The molecule has 0 radical (unpaired) electrons. The normalized spacial score (nSPS) is 14.8. The van der Waals surface area contributed by atoms with Crippen LogP contribution in [0.1, 0.15) is 12.8 Å². The van der Waals surface area contributed by atoms with Crippen LogP contribution in [0.15, 0.2) is 47.4 Å². The number of para-hydroxylation sites is 1. The van der Waals surface area contributed by atoms with Crippen LogP contribution in [0, 0.1) is 5.82 Å². The van der Waals surface area contributed by atoms with Gasteiger partial charge in [0.25, 0.3) is 0 Å². The van der Waals surface area contributed by atoms with Crippen LogP contribution in [-0.4, -0.2) is 53.4 Å². The Morgan fingerprint density at radius 3 is 2.67 bits per heavy atom. The van der Waals surface area contributed by atoms with E-state index in [0.717, 1.165) is 12.8 Å². The molecule has 0 atom stereocenters. The van der Waals surface area contributed by atoms with E-state index in [9.17, 15) is 17.6 Å². The monoisotopic (exact) mass is 432 g/mol. The molecule has 1 aromatic heterocycles. The summed E-state index contributed by atoms with van der Waals surface area (Å²) in [7, 11) is -3.52. The lowest BCUT2D eigenvalue weighted by atomic mass is 10.3. The van der Waals surface area contributed by atoms with Crippen LogP contribution in [-0.2, 0) is 16.6 Å². The van der Waals surface area contributed by atoms with E-state index in [2.05, 4.69) is 20.9 Å². The van der Waals surface area contributed by atoms with Crippen LogP contribution in [0.25, 0.3) is 11.0 Å². The molecule has 1 fully saturated rings. The molecule has 3 aromatic rings. The molecule has 30 heavy (non-hydrogen) atoms. The minimum absolute atomic E-state index is 0.0907. The maximum absolute atomic E-state index is 13.6. The lowest BCUT2D eigenvalue weighted by Gasteiger charge is -2.15. The number of carbonyl (C=O) groups excluding carboxylic acids is 1. The fraction of sp³-hybridized carbons (Fsp3) is 0.316. The lowest BCUT2D eigenvalue weighted by molar-refractivity contribution is 0.251. The number of hydrogen-bond donors (Lipinski definition) is 2. The molecule has 2 N–H and O–H groups in total. The summed E-state index contributed by atoms with van der Waals surface area (Å²) >= 11 is 0. The summed E-state index contributed by atoms with van der Waals surface area (Å²) in [5, 5.41) is 13.1. The second-order valence-electron chi connectivity index (χ2n) is 6.94. The number of benzene rings is 2. The summed E-state index contributed by atoms with van der Waals surface area (Å²) in [6.07, 6.45) is 1.74. The second kappa shape index (κ2) is 8.36. The summed E-state index contributed by atoms with van der Waals surface area (Å²) in [4.78, 5) is 12.1. The number of fused-ring (bicyclic) bond motifs is 1. The number of sulfonamides is 1. The standard InChI is InChI=1S/C19H21FN6O3S/c20-15-5-1-2-6-16(15)22-19(27)21-9-12-26-18-8-7-14(13-17(18)23-24-26)30(28,29)25-10-3-4-11-25/h1-2,5-8,13H,3-4,9-12H2,(H2,21,22,27). The van der Waals surface area contributed by atoms with Crippen LogP contribution in [0.4, 0.5) is 14.9 Å². The number of amides is 2. The highest BCUT2D eigenvalue weighted by atomic mass is 32.2. The lowest BCUT2D eigenvalue weighted by Crippen LogP contribution is -2.32. The van der Waals surface area contributed by atoms with Crippen LogP contribution >= 0.6 is 0 Å². The second-order valence-corrected chi connectivity index (χ2v) is 8.87. The SMILES string of the molecule is O=C(NCCn1nnc2cc(S(=O)(=O)N3CCCC3)ccc21)Nc1ccccc1F. The molecule has 2 amide bonds. The van der Waals surface area contributed by atoms with Crippen molar-refractivity contribution in [3.63, 3.8) is 0 Å². The van der Waals surface area contributed by atoms with Gasteiger partial charge in [0.05, 0.1) is 22.6 Å². The summed E-state index contributed by atoms with van der Waals surface area (Å²) in [5.74, 6) is -0.519. The van der Waals surface area contributed by atoms with Gasteiger partial charge in [-0.25, -0.2) is 22.3 Å². The number of rotatable bonds is 6. The van der Waals surface area contributed by atoms with E-state index in [-0.39, 0.29) is 17.1 Å². The number of nitrogens with one attached hydrogen (secondary N) is 2. The van der Waals surface area contributed by atoms with Crippen molar-refractivity contribution >= 4 is 32.8 Å². The molecule has 0 aliphatic carbocycles. The molecule has 4 rings (SSSR count). The Labute approximate surface area is 172 Å². The van der Waals surface area contributed by atoms with Gasteiger partial charge < -0.3 is 10.6 Å². The molecule has 2 aromatic carbocycles. The van der Waals surface area contributed by atoms with Gasteiger partial charge in [0.1, 0.15) is 11.3 Å². The minimum Gasteiger partial charge on any atom is -0.336 e. The van der Waals surface area contributed by atoms with Crippen molar-refractivity contribution < 1.29 is 17.6 Å². The highest BCUT2D eigenvalue weighted by molar-refractivity contribution is 7.89. The van der Waals surface area contributed by atoms with Crippen molar-refractivity contribution in [1.82, 2.24) is 24.6 Å². The first-order chi connectivity index (χ1) is 14.4. The van der Waals surface area contributed by atoms with E-state index in [1.807, 2.05) is 0 Å². The fourth-order valence-corrected chi connectivity index (χ4v) is 4.90. The number of carbonyl (C=O) groups is 1. The van der Waals surface area contributed by atoms with Gasteiger partial charge in [0.2, 0.25) is 10.0 Å². The predicted octanol–water partition coefficient (Wildman–Crippen LogP) is 2.18. The first-order valence-electron chi connectivity index (χ1n) is 9.58. The molecule has 1 aliphatic rings. The van der Waals surface area contributed by atoms with E-state index in [1.165, 1.54) is 28.6 Å². The van der Waals surface area contributed by atoms with E-state index in [0.29, 0.717) is 30.7 Å². The first kappa shape index (κ1) is 20.2. The van der Waals surface area contributed by atoms with Crippen molar-refractivity contribution in [1.29, 1.82) is 0 Å². The third kappa shape index (κ3) is 4.12. The van der Waals surface area contributed by atoms with Crippen molar-refractivity contribution in [2.45, 2.75) is 24.3 Å². The van der Waals surface area contributed by atoms with Gasteiger partial charge in [0, 0.05) is 19.6 Å². The summed E-state index contributed by atoms with van der Waals surface area (Å²) < 4.78 is 42.0. The average Bonchev–Trinajstić information content (AvgIpc) is 3.40. The predicted molar refractivity (Wildman–Crippen MR) is 109 cm³/mol. The molecule has 2 heterocycles. The summed E-state index contributed by atoms with van der Waals surface area (Å²) in [5.41, 5.74) is 1.21. The number of aromatic nitrogens is 3. The van der Waals surface area contributed by atoms with Crippen LogP contribution < -0.4 is 10.6 Å². The molecule has 0 spiro atoms. The number of anilines is 1. The number of hydrogen-bond acceptors (Lipinski definition) is 5. The highest BCUT2D eigenvalue weighted by Crippen LogP contribution is 2.23. The van der Waals surface area contributed by atoms with Crippen molar-refractivity contribution in [2.75, 3.05) is 25.0 Å². The molecule has 9 nitrogen and oxygen atoms in total. The Bertz CT molecular complexity index is 1170. The van der Waals surface area contributed by atoms with Gasteiger partial charge in [-0.15, -0.1) is 5.10 Å².